The number of methoxy groups -OCH3 is 2. The van der Waals surface area contributed by atoms with E-state index in [2.05, 4.69) is 0 Å². The van der Waals surface area contributed by atoms with Crippen molar-refractivity contribution < 1.29 is 23.8 Å². The molecule has 0 unspecified atom stereocenters. The van der Waals surface area contributed by atoms with Crippen LogP contribution in [0.1, 0.15) is 28.8 Å². The highest BCUT2D eigenvalue weighted by atomic mass is 32.2. The predicted octanol–water partition coefficient (Wildman–Crippen LogP) is 4.16. The van der Waals surface area contributed by atoms with Crippen molar-refractivity contribution in [2.24, 2.45) is 0 Å². The molecule has 0 N–H and O–H groups in total. The van der Waals surface area contributed by atoms with Crippen LogP contribution in [-0.2, 0) is 11.2 Å². The van der Waals surface area contributed by atoms with E-state index in [-0.39, 0.29) is 11.8 Å². The van der Waals surface area contributed by atoms with Crippen molar-refractivity contribution in [2.45, 2.75) is 19.3 Å². The maximum atomic E-state index is 12.3. The number of Topliss-reactive ketones (excluding diaryl/α,β-unsaturated/α-hetero) is 1. The van der Waals surface area contributed by atoms with Gasteiger partial charge >= 0.3 is 5.97 Å². The minimum Gasteiger partial charge on any atom is -0.493 e. The van der Waals surface area contributed by atoms with Crippen molar-refractivity contribution in [3.8, 4) is 28.4 Å². The molecular weight excluding hydrogens is 364 g/mol. The molecule has 1 aliphatic carbocycles. The minimum absolute atomic E-state index is 0.144. The summed E-state index contributed by atoms with van der Waals surface area (Å²) in [5.41, 5.74) is 3.32. The van der Waals surface area contributed by atoms with Crippen LogP contribution in [0, 0.1) is 0 Å². The van der Waals surface area contributed by atoms with Gasteiger partial charge in [0.15, 0.2) is 17.3 Å². The van der Waals surface area contributed by atoms with Gasteiger partial charge in [0.25, 0.3) is 0 Å². The van der Waals surface area contributed by atoms with Crippen molar-refractivity contribution in [3.63, 3.8) is 0 Å². The minimum atomic E-state index is -0.333. The quantitative estimate of drug-likeness (QED) is 0.526. The topological polar surface area (TPSA) is 61.8 Å². The van der Waals surface area contributed by atoms with E-state index in [1.807, 2.05) is 30.5 Å². The fourth-order valence-corrected chi connectivity index (χ4v) is 3.68. The molecule has 0 spiro atoms. The van der Waals surface area contributed by atoms with E-state index in [1.54, 1.807) is 17.8 Å². The van der Waals surface area contributed by atoms with Crippen LogP contribution in [0.4, 0.5) is 0 Å². The van der Waals surface area contributed by atoms with Crippen molar-refractivity contribution in [2.75, 3.05) is 26.2 Å². The first-order valence-electron chi connectivity index (χ1n) is 8.70. The number of carbonyl (C=O) groups is 2. The molecule has 0 bridgehead atoms. The summed E-state index contributed by atoms with van der Waals surface area (Å²) in [6.07, 6.45) is 3.42. The van der Waals surface area contributed by atoms with Gasteiger partial charge in [-0.1, -0.05) is 18.2 Å². The summed E-state index contributed by atoms with van der Waals surface area (Å²) in [5.74, 6) is 1.67. The third-order valence-electron chi connectivity index (χ3n) is 4.59. The van der Waals surface area contributed by atoms with Gasteiger partial charge in [-0.3, -0.25) is 9.59 Å². The van der Waals surface area contributed by atoms with Crippen molar-refractivity contribution in [1.29, 1.82) is 0 Å². The van der Waals surface area contributed by atoms with Gasteiger partial charge in [0.1, 0.15) is 0 Å². The predicted molar refractivity (Wildman–Crippen MR) is 106 cm³/mol. The van der Waals surface area contributed by atoms with Gasteiger partial charge in [-0.2, -0.15) is 11.8 Å². The van der Waals surface area contributed by atoms with Gasteiger partial charge in [-0.05, 0) is 35.9 Å². The summed E-state index contributed by atoms with van der Waals surface area (Å²) < 4.78 is 16.6. The zero-order chi connectivity index (χ0) is 19.4. The third-order valence-corrected chi connectivity index (χ3v) is 5.21. The average molecular weight is 386 g/mol. The van der Waals surface area contributed by atoms with E-state index in [0.717, 1.165) is 22.3 Å². The van der Waals surface area contributed by atoms with E-state index in [9.17, 15) is 9.59 Å². The van der Waals surface area contributed by atoms with E-state index < -0.39 is 0 Å². The molecule has 0 radical (unpaired) electrons. The molecule has 0 fully saturated rings. The maximum absolute atomic E-state index is 12.3. The van der Waals surface area contributed by atoms with E-state index in [4.69, 9.17) is 14.2 Å². The highest BCUT2D eigenvalue weighted by Crippen LogP contribution is 2.46. The molecule has 0 amide bonds. The third kappa shape index (κ3) is 3.81. The second-order valence-corrected chi connectivity index (χ2v) is 7.14. The smallest absolute Gasteiger partial charge is 0.312 e. The van der Waals surface area contributed by atoms with Crippen LogP contribution in [-0.4, -0.2) is 38.0 Å². The second kappa shape index (κ2) is 8.48. The highest BCUT2D eigenvalue weighted by molar-refractivity contribution is 7.98. The Kier molecular flexibility index (Phi) is 6.06. The summed E-state index contributed by atoms with van der Waals surface area (Å²) in [7, 11) is 3.05. The van der Waals surface area contributed by atoms with Crippen molar-refractivity contribution in [3.05, 3.63) is 41.5 Å². The normalized spacial score (nSPS) is 12.6. The molecule has 6 heteroatoms. The summed E-state index contributed by atoms with van der Waals surface area (Å²) in [6.45, 7) is 0. The average Bonchev–Trinajstić information content (AvgIpc) is 3.07. The lowest BCUT2D eigenvalue weighted by Crippen LogP contribution is -2.11. The Balaban J connectivity index is 2.13. The van der Waals surface area contributed by atoms with Crippen LogP contribution in [0.2, 0.25) is 0 Å². The number of rotatable bonds is 7. The molecule has 0 aromatic heterocycles. The summed E-state index contributed by atoms with van der Waals surface area (Å²) in [5, 5.41) is 0. The summed E-state index contributed by atoms with van der Waals surface area (Å²) in [4.78, 5) is 24.4. The number of fused-ring (bicyclic) bond motifs is 1. The fraction of sp³-hybridized carbons (Fsp3) is 0.333. The SMILES string of the molecule is COc1ccc(-c2cccc3c2CCC3=O)c(OC(=O)CCSC)c1OC. The van der Waals surface area contributed by atoms with Crippen molar-refractivity contribution >= 4 is 23.5 Å². The van der Waals surface area contributed by atoms with Gasteiger partial charge < -0.3 is 14.2 Å². The molecule has 0 saturated carbocycles. The lowest BCUT2D eigenvalue weighted by molar-refractivity contribution is -0.133. The van der Waals surface area contributed by atoms with E-state index in [1.165, 1.54) is 14.2 Å². The zero-order valence-corrected chi connectivity index (χ0v) is 16.5. The van der Waals surface area contributed by atoms with Crippen LogP contribution < -0.4 is 14.2 Å². The standard InChI is InChI=1S/C21H22O5S/c1-24-18-10-8-16(13-5-4-6-15-14(13)7-9-17(15)22)20(21(18)25-2)26-19(23)11-12-27-3/h4-6,8,10H,7,9,11-12H2,1-3H3. The lowest BCUT2D eigenvalue weighted by atomic mass is 9.95. The number of ketones is 1. The van der Waals surface area contributed by atoms with E-state index in [0.29, 0.717) is 42.3 Å². The number of hydrogen-bond donors (Lipinski definition) is 0. The van der Waals surface area contributed by atoms with Crippen LogP contribution in [0.25, 0.3) is 11.1 Å². The van der Waals surface area contributed by atoms with E-state index >= 15 is 0 Å². The number of hydrogen-bond acceptors (Lipinski definition) is 6. The molecule has 27 heavy (non-hydrogen) atoms. The number of benzene rings is 2. The summed E-state index contributed by atoms with van der Waals surface area (Å²) >= 11 is 1.58. The Labute approximate surface area is 163 Å². The number of thioether (sulfide) groups is 1. The number of esters is 1. The molecule has 3 rings (SSSR count). The Bertz CT molecular complexity index is 875. The Morgan fingerprint density at radius 1 is 1.00 bits per heavy atom. The molecule has 5 nitrogen and oxygen atoms in total. The molecule has 2 aromatic carbocycles. The summed E-state index contributed by atoms with van der Waals surface area (Å²) in [6, 6.07) is 9.27. The first-order chi connectivity index (χ1) is 13.1. The van der Waals surface area contributed by atoms with Crippen LogP contribution in [0.15, 0.2) is 30.3 Å². The molecule has 142 valence electrons. The van der Waals surface area contributed by atoms with Gasteiger partial charge in [-0.15, -0.1) is 0 Å². The zero-order valence-electron chi connectivity index (χ0n) is 15.7. The van der Waals surface area contributed by atoms with Crippen molar-refractivity contribution in [1.82, 2.24) is 0 Å². The monoisotopic (exact) mass is 386 g/mol. The Hall–Kier alpha value is -2.47. The molecule has 0 atom stereocenters. The van der Waals surface area contributed by atoms with Gasteiger partial charge in [-0.25, -0.2) is 0 Å². The molecule has 2 aromatic rings. The van der Waals surface area contributed by atoms with Gasteiger partial charge in [0, 0.05) is 23.3 Å². The number of ether oxygens (including phenoxy) is 3. The maximum Gasteiger partial charge on any atom is 0.312 e. The Morgan fingerprint density at radius 2 is 1.78 bits per heavy atom. The molecular formula is C21H22O5S. The molecule has 1 aliphatic rings. The number of carbonyl (C=O) groups excluding carboxylic acids is 2. The van der Waals surface area contributed by atoms with Gasteiger partial charge in [0.05, 0.1) is 20.6 Å². The molecule has 0 heterocycles. The second-order valence-electron chi connectivity index (χ2n) is 6.15. The Morgan fingerprint density at radius 3 is 2.48 bits per heavy atom. The first kappa shape index (κ1) is 19.3. The van der Waals surface area contributed by atoms with Crippen LogP contribution >= 0.6 is 11.8 Å². The van der Waals surface area contributed by atoms with Crippen LogP contribution in [0.5, 0.6) is 17.2 Å². The fourth-order valence-electron chi connectivity index (χ4n) is 3.31. The largest absolute Gasteiger partial charge is 0.493 e. The van der Waals surface area contributed by atoms with Crippen LogP contribution in [0.3, 0.4) is 0 Å². The lowest BCUT2D eigenvalue weighted by Gasteiger charge is -2.18. The first-order valence-corrected chi connectivity index (χ1v) is 10.1. The highest BCUT2D eigenvalue weighted by Gasteiger charge is 2.26. The van der Waals surface area contributed by atoms with Gasteiger partial charge in [0.2, 0.25) is 5.75 Å². The molecule has 0 aliphatic heterocycles. The molecule has 0 saturated heterocycles.